The fraction of sp³-hybridized carbons (Fsp3) is 0.0870. The van der Waals surface area contributed by atoms with Crippen molar-refractivity contribution < 1.29 is 14.3 Å². The van der Waals surface area contributed by atoms with Crippen LogP contribution in [0, 0.1) is 18.3 Å². The first-order valence-electron chi connectivity index (χ1n) is 8.96. The van der Waals surface area contributed by atoms with Crippen molar-refractivity contribution in [1.29, 1.82) is 5.26 Å². The van der Waals surface area contributed by atoms with Crippen molar-refractivity contribution in [2.24, 2.45) is 0 Å². The minimum absolute atomic E-state index is 0.216. The summed E-state index contributed by atoms with van der Waals surface area (Å²) in [6, 6.07) is 23.1. The van der Waals surface area contributed by atoms with Crippen LogP contribution in [0.5, 0.6) is 11.5 Å². The SMILES string of the molecule is Cc1cccc(Oc2ccc(NC(=O)c3ccc(NC(=O)CC#N)cc3)cc2)c1. The van der Waals surface area contributed by atoms with Crippen molar-refractivity contribution in [3.8, 4) is 17.6 Å². The number of nitrogens with one attached hydrogen (secondary N) is 2. The first-order chi connectivity index (χ1) is 14.0. The molecule has 2 N–H and O–H groups in total. The molecule has 0 aliphatic rings. The molecule has 0 heterocycles. The van der Waals surface area contributed by atoms with E-state index in [0.717, 1.165) is 11.3 Å². The second kappa shape index (κ2) is 9.20. The van der Waals surface area contributed by atoms with Crippen molar-refractivity contribution >= 4 is 23.2 Å². The standard InChI is InChI=1S/C23H19N3O3/c1-16-3-2-4-21(15-16)29-20-11-9-19(10-12-20)26-23(28)17-5-7-18(8-6-17)25-22(27)13-14-24/h2-12,15H,13H2,1H3,(H,25,27)(H,26,28). The molecule has 29 heavy (non-hydrogen) atoms. The van der Waals surface area contributed by atoms with Crippen molar-refractivity contribution in [2.75, 3.05) is 10.6 Å². The lowest BCUT2D eigenvalue weighted by Crippen LogP contribution is -2.13. The van der Waals surface area contributed by atoms with Gasteiger partial charge in [0.25, 0.3) is 5.91 Å². The third-order valence-corrected chi connectivity index (χ3v) is 4.01. The van der Waals surface area contributed by atoms with Crippen LogP contribution in [0.1, 0.15) is 22.3 Å². The molecule has 0 aliphatic carbocycles. The predicted molar refractivity (Wildman–Crippen MR) is 111 cm³/mol. The molecule has 3 aromatic carbocycles. The Morgan fingerprint density at radius 3 is 2.21 bits per heavy atom. The molecule has 0 aromatic heterocycles. The summed E-state index contributed by atoms with van der Waals surface area (Å²) in [7, 11) is 0. The topological polar surface area (TPSA) is 91.2 Å². The van der Waals surface area contributed by atoms with Crippen molar-refractivity contribution in [2.45, 2.75) is 13.3 Å². The van der Waals surface area contributed by atoms with Gasteiger partial charge in [-0.25, -0.2) is 0 Å². The highest BCUT2D eigenvalue weighted by molar-refractivity contribution is 6.04. The number of hydrogen-bond acceptors (Lipinski definition) is 4. The first kappa shape index (κ1) is 19.6. The molecule has 6 heteroatoms. The summed E-state index contributed by atoms with van der Waals surface area (Å²) in [4.78, 5) is 23.8. The Morgan fingerprint density at radius 1 is 0.897 bits per heavy atom. The number of amides is 2. The summed E-state index contributed by atoms with van der Waals surface area (Å²) < 4.78 is 5.80. The number of anilines is 2. The molecule has 0 fully saturated rings. The molecule has 3 aromatic rings. The van der Waals surface area contributed by atoms with Gasteiger partial charge in [0.15, 0.2) is 0 Å². The van der Waals surface area contributed by atoms with Gasteiger partial charge in [-0.2, -0.15) is 5.26 Å². The maximum Gasteiger partial charge on any atom is 0.255 e. The normalized spacial score (nSPS) is 9.93. The van der Waals surface area contributed by atoms with Crippen LogP contribution in [0.2, 0.25) is 0 Å². The van der Waals surface area contributed by atoms with Gasteiger partial charge in [0, 0.05) is 16.9 Å². The van der Waals surface area contributed by atoms with E-state index in [4.69, 9.17) is 10.00 Å². The molecule has 3 rings (SSSR count). The fourth-order valence-corrected chi connectivity index (χ4v) is 2.61. The third-order valence-electron chi connectivity index (χ3n) is 4.01. The van der Waals surface area contributed by atoms with E-state index in [-0.39, 0.29) is 12.3 Å². The minimum atomic E-state index is -0.391. The number of carbonyl (C=O) groups excluding carboxylic acids is 2. The summed E-state index contributed by atoms with van der Waals surface area (Å²) in [5, 5.41) is 13.9. The lowest BCUT2D eigenvalue weighted by atomic mass is 10.2. The summed E-state index contributed by atoms with van der Waals surface area (Å²) >= 11 is 0. The third kappa shape index (κ3) is 5.68. The highest BCUT2D eigenvalue weighted by Crippen LogP contribution is 2.24. The Balaban J connectivity index is 1.59. The van der Waals surface area contributed by atoms with E-state index < -0.39 is 5.91 Å². The monoisotopic (exact) mass is 385 g/mol. The van der Waals surface area contributed by atoms with Gasteiger partial charge < -0.3 is 15.4 Å². The van der Waals surface area contributed by atoms with Crippen LogP contribution in [0.15, 0.2) is 72.8 Å². The number of benzene rings is 3. The van der Waals surface area contributed by atoms with Gasteiger partial charge in [0.1, 0.15) is 17.9 Å². The lowest BCUT2D eigenvalue weighted by molar-refractivity contribution is -0.115. The number of carbonyl (C=O) groups is 2. The number of rotatable bonds is 6. The fourth-order valence-electron chi connectivity index (χ4n) is 2.61. The highest BCUT2D eigenvalue weighted by atomic mass is 16.5. The van der Waals surface area contributed by atoms with E-state index in [9.17, 15) is 9.59 Å². The molecule has 6 nitrogen and oxygen atoms in total. The Labute approximate surface area is 168 Å². The van der Waals surface area contributed by atoms with E-state index in [2.05, 4.69) is 10.6 Å². The van der Waals surface area contributed by atoms with Crippen LogP contribution in [0.3, 0.4) is 0 Å². The van der Waals surface area contributed by atoms with E-state index in [0.29, 0.717) is 22.7 Å². The van der Waals surface area contributed by atoms with Crippen LogP contribution >= 0.6 is 0 Å². The average molecular weight is 385 g/mol. The summed E-state index contributed by atoms with van der Waals surface area (Å²) in [6.07, 6.45) is -0.216. The van der Waals surface area contributed by atoms with Gasteiger partial charge >= 0.3 is 0 Å². The molecular weight excluding hydrogens is 366 g/mol. The molecule has 0 bridgehead atoms. The van der Waals surface area contributed by atoms with E-state index in [1.54, 1.807) is 54.6 Å². The summed E-state index contributed by atoms with van der Waals surface area (Å²) in [5.74, 6) is 0.764. The highest BCUT2D eigenvalue weighted by Gasteiger charge is 2.08. The summed E-state index contributed by atoms with van der Waals surface area (Å²) in [5.41, 5.74) is 2.72. The number of ether oxygens (including phenoxy) is 1. The molecule has 2 amide bonds. The van der Waals surface area contributed by atoms with Crippen LogP contribution < -0.4 is 15.4 Å². The second-order valence-electron chi connectivity index (χ2n) is 6.36. The van der Waals surface area contributed by atoms with Gasteiger partial charge in [0.2, 0.25) is 5.91 Å². The number of nitrogens with zero attached hydrogens (tertiary/aromatic N) is 1. The molecular formula is C23H19N3O3. The van der Waals surface area contributed by atoms with Crippen LogP contribution in [0.4, 0.5) is 11.4 Å². The summed E-state index contributed by atoms with van der Waals surface area (Å²) in [6.45, 7) is 2.00. The van der Waals surface area contributed by atoms with Gasteiger partial charge in [-0.3, -0.25) is 9.59 Å². The maximum atomic E-state index is 12.4. The zero-order valence-corrected chi connectivity index (χ0v) is 15.8. The molecule has 0 saturated heterocycles. The van der Waals surface area contributed by atoms with Gasteiger partial charge in [-0.1, -0.05) is 12.1 Å². The average Bonchev–Trinajstić information content (AvgIpc) is 2.70. The molecule has 0 aliphatic heterocycles. The van der Waals surface area contributed by atoms with Crippen LogP contribution in [0.25, 0.3) is 0 Å². The van der Waals surface area contributed by atoms with E-state index in [1.165, 1.54) is 0 Å². The zero-order chi connectivity index (χ0) is 20.6. The quantitative estimate of drug-likeness (QED) is 0.632. The number of hydrogen-bond donors (Lipinski definition) is 2. The molecule has 0 radical (unpaired) electrons. The smallest absolute Gasteiger partial charge is 0.255 e. The minimum Gasteiger partial charge on any atom is -0.457 e. The van der Waals surface area contributed by atoms with Crippen LogP contribution in [-0.2, 0) is 4.79 Å². The van der Waals surface area contributed by atoms with Crippen LogP contribution in [-0.4, -0.2) is 11.8 Å². The molecule has 0 saturated carbocycles. The zero-order valence-electron chi connectivity index (χ0n) is 15.8. The van der Waals surface area contributed by atoms with Gasteiger partial charge in [0.05, 0.1) is 6.07 Å². The lowest BCUT2D eigenvalue weighted by Gasteiger charge is -2.09. The Kier molecular flexibility index (Phi) is 6.23. The van der Waals surface area contributed by atoms with E-state index in [1.807, 2.05) is 31.2 Å². The van der Waals surface area contributed by atoms with Gasteiger partial charge in [-0.15, -0.1) is 0 Å². The second-order valence-corrected chi connectivity index (χ2v) is 6.36. The number of aryl methyl sites for hydroxylation is 1. The van der Waals surface area contributed by atoms with E-state index >= 15 is 0 Å². The molecule has 0 unspecified atom stereocenters. The predicted octanol–water partition coefficient (Wildman–Crippen LogP) is 4.89. The molecule has 144 valence electrons. The first-order valence-corrected chi connectivity index (χ1v) is 8.96. The molecule has 0 spiro atoms. The van der Waals surface area contributed by atoms with Gasteiger partial charge in [-0.05, 0) is 73.2 Å². The van der Waals surface area contributed by atoms with Crippen molar-refractivity contribution in [3.63, 3.8) is 0 Å². The Hall–Kier alpha value is -4.11. The maximum absolute atomic E-state index is 12.4. The Morgan fingerprint density at radius 2 is 1.55 bits per heavy atom. The largest absolute Gasteiger partial charge is 0.457 e. The number of nitriles is 1. The van der Waals surface area contributed by atoms with Crippen molar-refractivity contribution in [3.05, 3.63) is 83.9 Å². The van der Waals surface area contributed by atoms with Crippen molar-refractivity contribution in [1.82, 2.24) is 0 Å². The molecule has 0 atom stereocenters. The Bertz CT molecular complexity index is 1050.